The van der Waals surface area contributed by atoms with Crippen LogP contribution in [0.2, 0.25) is 5.02 Å². The Labute approximate surface area is 178 Å². The standard InChI is InChI=1S/C22H21ClN4OS/c23-18-13-17(6-5-16(18)14-24)25-21(28)9-12-27-10-7-15(8-11-27)22-26-19-3-1-2-4-20(19)29-22/h1-6,13,15H,7-12H2,(H,25,28). The van der Waals surface area contributed by atoms with E-state index in [-0.39, 0.29) is 5.91 Å². The number of piperidine rings is 1. The summed E-state index contributed by atoms with van der Waals surface area (Å²) in [6.07, 6.45) is 2.59. The van der Waals surface area contributed by atoms with Gasteiger partial charge in [0.25, 0.3) is 0 Å². The highest BCUT2D eigenvalue weighted by molar-refractivity contribution is 7.18. The molecule has 1 aromatic heterocycles. The van der Waals surface area contributed by atoms with Gasteiger partial charge in [-0.05, 0) is 56.3 Å². The summed E-state index contributed by atoms with van der Waals surface area (Å²) >= 11 is 7.82. The van der Waals surface area contributed by atoms with Gasteiger partial charge in [-0.1, -0.05) is 23.7 Å². The number of hydrogen-bond acceptors (Lipinski definition) is 5. The molecule has 0 bridgehead atoms. The molecule has 1 aliphatic heterocycles. The van der Waals surface area contributed by atoms with Crippen molar-refractivity contribution >= 4 is 44.7 Å². The Bertz CT molecular complexity index is 1030. The number of nitrogens with one attached hydrogen (secondary N) is 1. The van der Waals surface area contributed by atoms with Crippen molar-refractivity contribution in [3.63, 3.8) is 0 Å². The minimum absolute atomic E-state index is 0.0425. The summed E-state index contributed by atoms with van der Waals surface area (Å²) in [5.41, 5.74) is 2.11. The average molecular weight is 425 g/mol. The molecule has 3 aromatic rings. The molecule has 2 heterocycles. The van der Waals surface area contributed by atoms with E-state index in [1.807, 2.05) is 12.1 Å². The lowest BCUT2D eigenvalue weighted by atomic mass is 9.97. The fourth-order valence-electron chi connectivity index (χ4n) is 3.63. The van der Waals surface area contributed by atoms with Crippen molar-refractivity contribution in [1.29, 1.82) is 5.26 Å². The molecule has 7 heteroatoms. The van der Waals surface area contributed by atoms with Crippen LogP contribution in [0, 0.1) is 11.3 Å². The van der Waals surface area contributed by atoms with E-state index in [0.29, 0.717) is 28.6 Å². The van der Waals surface area contributed by atoms with Crippen LogP contribution in [0.3, 0.4) is 0 Å². The summed E-state index contributed by atoms with van der Waals surface area (Å²) in [5, 5.41) is 13.4. The number of fused-ring (bicyclic) bond motifs is 1. The summed E-state index contributed by atoms with van der Waals surface area (Å²) in [6.45, 7) is 2.70. The van der Waals surface area contributed by atoms with Crippen molar-refractivity contribution in [2.75, 3.05) is 25.0 Å². The topological polar surface area (TPSA) is 69.0 Å². The van der Waals surface area contributed by atoms with Gasteiger partial charge in [0.15, 0.2) is 0 Å². The maximum absolute atomic E-state index is 12.3. The highest BCUT2D eigenvalue weighted by atomic mass is 35.5. The Hall–Kier alpha value is -2.46. The number of hydrogen-bond donors (Lipinski definition) is 1. The van der Waals surface area contributed by atoms with Crippen molar-refractivity contribution in [2.24, 2.45) is 0 Å². The monoisotopic (exact) mass is 424 g/mol. The average Bonchev–Trinajstić information content (AvgIpc) is 3.17. The van der Waals surface area contributed by atoms with Crippen LogP contribution in [0.1, 0.15) is 35.8 Å². The first-order valence-electron chi connectivity index (χ1n) is 9.69. The number of para-hydroxylation sites is 1. The largest absolute Gasteiger partial charge is 0.326 e. The number of carbonyl (C=O) groups is 1. The number of aromatic nitrogens is 1. The molecule has 4 rings (SSSR count). The number of carbonyl (C=O) groups excluding carboxylic acids is 1. The van der Waals surface area contributed by atoms with Gasteiger partial charge in [-0.15, -0.1) is 11.3 Å². The third-order valence-corrected chi connectivity index (χ3v) is 6.79. The fraction of sp³-hybridized carbons (Fsp3) is 0.318. The maximum atomic E-state index is 12.3. The van der Waals surface area contributed by atoms with Crippen molar-refractivity contribution in [3.8, 4) is 6.07 Å². The zero-order valence-corrected chi connectivity index (χ0v) is 17.5. The molecule has 148 valence electrons. The number of thiazole rings is 1. The van der Waals surface area contributed by atoms with E-state index in [1.165, 1.54) is 9.71 Å². The lowest BCUT2D eigenvalue weighted by molar-refractivity contribution is -0.116. The lowest BCUT2D eigenvalue weighted by Crippen LogP contribution is -2.35. The van der Waals surface area contributed by atoms with Gasteiger partial charge in [0.1, 0.15) is 6.07 Å². The van der Waals surface area contributed by atoms with Crippen LogP contribution in [0.4, 0.5) is 5.69 Å². The molecule has 1 amide bonds. The zero-order chi connectivity index (χ0) is 20.2. The van der Waals surface area contributed by atoms with E-state index in [1.54, 1.807) is 29.5 Å². The number of benzene rings is 2. The molecule has 1 saturated heterocycles. The summed E-state index contributed by atoms with van der Waals surface area (Å²) in [7, 11) is 0. The highest BCUT2D eigenvalue weighted by Crippen LogP contribution is 2.33. The minimum atomic E-state index is -0.0425. The summed E-state index contributed by atoms with van der Waals surface area (Å²) < 4.78 is 1.25. The van der Waals surface area contributed by atoms with E-state index in [2.05, 4.69) is 28.4 Å². The number of likely N-dealkylation sites (tertiary alicyclic amines) is 1. The normalized spacial score (nSPS) is 15.3. The van der Waals surface area contributed by atoms with Crippen LogP contribution in [-0.4, -0.2) is 35.4 Å². The quantitative estimate of drug-likeness (QED) is 0.623. The smallest absolute Gasteiger partial charge is 0.225 e. The van der Waals surface area contributed by atoms with Gasteiger partial charge >= 0.3 is 0 Å². The first-order valence-corrected chi connectivity index (χ1v) is 10.9. The molecule has 0 aliphatic carbocycles. The predicted molar refractivity (Wildman–Crippen MR) is 117 cm³/mol. The Morgan fingerprint density at radius 1 is 1.28 bits per heavy atom. The second-order valence-electron chi connectivity index (χ2n) is 7.24. The van der Waals surface area contributed by atoms with E-state index >= 15 is 0 Å². The predicted octanol–water partition coefficient (Wildman–Crippen LogP) is 5.03. The number of nitrogens with zero attached hydrogens (tertiary/aromatic N) is 3. The zero-order valence-electron chi connectivity index (χ0n) is 15.9. The molecule has 5 nitrogen and oxygen atoms in total. The van der Waals surface area contributed by atoms with Gasteiger partial charge in [-0.3, -0.25) is 4.79 Å². The molecule has 1 aliphatic rings. The highest BCUT2D eigenvalue weighted by Gasteiger charge is 2.23. The molecule has 0 spiro atoms. The van der Waals surface area contributed by atoms with E-state index < -0.39 is 0 Å². The number of amides is 1. The molecule has 2 aromatic carbocycles. The van der Waals surface area contributed by atoms with Crippen LogP contribution < -0.4 is 5.32 Å². The van der Waals surface area contributed by atoms with Crippen LogP contribution in [0.25, 0.3) is 10.2 Å². The van der Waals surface area contributed by atoms with E-state index in [9.17, 15) is 4.79 Å². The fourth-order valence-corrected chi connectivity index (χ4v) is 4.99. The van der Waals surface area contributed by atoms with Crippen LogP contribution >= 0.6 is 22.9 Å². The van der Waals surface area contributed by atoms with E-state index in [4.69, 9.17) is 21.8 Å². The van der Waals surface area contributed by atoms with Crippen molar-refractivity contribution in [3.05, 3.63) is 58.1 Å². The molecule has 0 atom stereocenters. The minimum Gasteiger partial charge on any atom is -0.326 e. The molecule has 0 saturated carbocycles. The van der Waals surface area contributed by atoms with Gasteiger partial charge in [0, 0.05) is 24.6 Å². The van der Waals surface area contributed by atoms with Crippen LogP contribution in [0.5, 0.6) is 0 Å². The van der Waals surface area contributed by atoms with Gasteiger partial charge in [0.2, 0.25) is 5.91 Å². The Morgan fingerprint density at radius 2 is 2.07 bits per heavy atom. The van der Waals surface area contributed by atoms with Crippen molar-refractivity contribution < 1.29 is 4.79 Å². The summed E-state index contributed by atoms with van der Waals surface area (Å²) in [4.78, 5) is 19.4. The number of rotatable bonds is 5. The first kappa shape index (κ1) is 19.8. The third-order valence-electron chi connectivity index (χ3n) is 5.28. The molecular formula is C22H21ClN4OS. The van der Waals surface area contributed by atoms with Crippen LogP contribution in [0.15, 0.2) is 42.5 Å². The van der Waals surface area contributed by atoms with Gasteiger partial charge < -0.3 is 10.2 Å². The number of anilines is 1. The molecule has 0 radical (unpaired) electrons. The molecule has 29 heavy (non-hydrogen) atoms. The first-order chi connectivity index (χ1) is 14.1. The Kier molecular flexibility index (Phi) is 6.10. The van der Waals surface area contributed by atoms with E-state index in [0.717, 1.165) is 38.0 Å². The molecule has 1 fully saturated rings. The molecular weight excluding hydrogens is 404 g/mol. The third kappa shape index (κ3) is 4.76. The van der Waals surface area contributed by atoms with Gasteiger partial charge in [-0.25, -0.2) is 4.98 Å². The Morgan fingerprint density at radius 3 is 2.79 bits per heavy atom. The Balaban J connectivity index is 1.25. The number of halogens is 1. The van der Waals surface area contributed by atoms with Crippen molar-refractivity contribution in [1.82, 2.24) is 9.88 Å². The SMILES string of the molecule is N#Cc1ccc(NC(=O)CCN2CCC(c3nc4ccccc4s3)CC2)cc1Cl. The van der Waals surface area contributed by atoms with Gasteiger partial charge in [0.05, 0.1) is 25.8 Å². The maximum Gasteiger partial charge on any atom is 0.225 e. The lowest BCUT2D eigenvalue weighted by Gasteiger charge is -2.30. The van der Waals surface area contributed by atoms with Crippen molar-refractivity contribution in [2.45, 2.75) is 25.2 Å². The molecule has 0 unspecified atom stereocenters. The molecule has 1 N–H and O–H groups in total. The number of nitriles is 1. The second kappa shape index (κ2) is 8.91. The second-order valence-corrected chi connectivity index (χ2v) is 8.71. The van der Waals surface area contributed by atoms with Gasteiger partial charge in [-0.2, -0.15) is 5.26 Å². The van der Waals surface area contributed by atoms with Crippen LogP contribution in [-0.2, 0) is 4.79 Å². The summed E-state index contributed by atoms with van der Waals surface area (Å²) in [5.74, 6) is 0.470. The summed E-state index contributed by atoms with van der Waals surface area (Å²) in [6, 6.07) is 15.2.